The smallest absolute Gasteiger partial charge is 0.00655 e. The lowest BCUT2D eigenvalue weighted by molar-refractivity contribution is 0.323. The average Bonchev–Trinajstić information content (AvgIpc) is 2.84. The molecule has 2 rings (SSSR count). The van der Waals surface area contributed by atoms with Crippen LogP contribution in [0.2, 0.25) is 0 Å². The molecule has 2 atom stereocenters. The molecule has 0 N–H and O–H groups in total. The standard InChI is InChI=1S/C15H22/c1-4-5-9-15-10-7-6-8-13(15)14(15)11-12(2)3/h4,13H,1,5-10H2,2-3H3/t13-,15-/m1/s1. The van der Waals surface area contributed by atoms with Crippen LogP contribution in [0.5, 0.6) is 0 Å². The van der Waals surface area contributed by atoms with Crippen LogP contribution >= 0.6 is 0 Å². The van der Waals surface area contributed by atoms with Crippen LogP contribution < -0.4 is 0 Å². The first-order chi connectivity index (χ1) is 7.20. The van der Waals surface area contributed by atoms with Crippen molar-refractivity contribution in [2.24, 2.45) is 11.3 Å². The van der Waals surface area contributed by atoms with Crippen molar-refractivity contribution in [1.29, 1.82) is 0 Å². The summed E-state index contributed by atoms with van der Waals surface area (Å²) in [6.45, 7) is 8.18. The Kier molecular flexibility index (Phi) is 2.89. The molecule has 0 unspecified atom stereocenters. The Morgan fingerprint density at radius 1 is 1.53 bits per heavy atom. The molecule has 0 aromatic carbocycles. The van der Waals surface area contributed by atoms with E-state index in [2.05, 4.69) is 32.2 Å². The van der Waals surface area contributed by atoms with Crippen LogP contribution in [0.3, 0.4) is 0 Å². The summed E-state index contributed by atoms with van der Waals surface area (Å²) < 4.78 is 0. The zero-order chi connectivity index (χ0) is 10.9. The van der Waals surface area contributed by atoms with Gasteiger partial charge in [-0.25, -0.2) is 0 Å². The van der Waals surface area contributed by atoms with Crippen molar-refractivity contribution in [2.75, 3.05) is 0 Å². The molecule has 0 amide bonds. The molecule has 2 aliphatic carbocycles. The monoisotopic (exact) mass is 202 g/mol. The van der Waals surface area contributed by atoms with Gasteiger partial charge in [-0.15, -0.1) is 12.3 Å². The van der Waals surface area contributed by atoms with Gasteiger partial charge in [0, 0.05) is 5.41 Å². The average molecular weight is 202 g/mol. The van der Waals surface area contributed by atoms with Crippen LogP contribution in [0, 0.1) is 11.3 Å². The molecule has 0 heteroatoms. The Balaban J connectivity index is 2.21. The minimum absolute atomic E-state index is 0.559. The van der Waals surface area contributed by atoms with Crippen molar-refractivity contribution in [3.05, 3.63) is 29.5 Å². The summed E-state index contributed by atoms with van der Waals surface area (Å²) in [5, 5.41) is 0. The molecule has 2 saturated carbocycles. The fraction of sp³-hybridized carbons (Fsp3) is 0.667. The third-order valence-corrected chi connectivity index (χ3v) is 4.01. The summed E-state index contributed by atoms with van der Waals surface area (Å²) >= 11 is 0. The van der Waals surface area contributed by atoms with Gasteiger partial charge in [0.25, 0.3) is 0 Å². The number of hydrogen-bond donors (Lipinski definition) is 0. The third-order valence-electron chi connectivity index (χ3n) is 4.01. The van der Waals surface area contributed by atoms with E-state index >= 15 is 0 Å². The predicted octanol–water partition coefficient (Wildman–Crippen LogP) is 4.63. The zero-order valence-electron chi connectivity index (χ0n) is 10.1. The van der Waals surface area contributed by atoms with E-state index in [-0.39, 0.29) is 0 Å². The molecule has 0 aliphatic heterocycles. The minimum Gasteiger partial charge on any atom is -0.122 e. The largest absolute Gasteiger partial charge is 0.122 e. The maximum atomic E-state index is 3.85. The summed E-state index contributed by atoms with van der Waals surface area (Å²) in [6.07, 6.45) is 10.2. The molecule has 0 radical (unpaired) electrons. The Bertz CT molecular complexity index is 324. The minimum atomic E-state index is 0.559. The van der Waals surface area contributed by atoms with Gasteiger partial charge in [-0.1, -0.05) is 18.9 Å². The molecule has 0 saturated heterocycles. The van der Waals surface area contributed by atoms with Gasteiger partial charge in [-0.3, -0.25) is 0 Å². The quantitative estimate of drug-likeness (QED) is 0.462. The fourth-order valence-electron chi connectivity index (χ4n) is 3.29. The normalized spacial score (nSPS) is 32.9. The van der Waals surface area contributed by atoms with E-state index in [1.807, 2.05) is 0 Å². The van der Waals surface area contributed by atoms with Gasteiger partial charge in [-0.2, -0.15) is 0 Å². The van der Waals surface area contributed by atoms with Crippen molar-refractivity contribution >= 4 is 0 Å². The van der Waals surface area contributed by atoms with E-state index in [4.69, 9.17) is 0 Å². The van der Waals surface area contributed by atoms with E-state index in [1.165, 1.54) is 44.1 Å². The van der Waals surface area contributed by atoms with Crippen molar-refractivity contribution in [1.82, 2.24) is 0 Å². The first-order valence-corrected chi connectivity index (χ1v) is 6.26. The highest BCUT2D eigenvalue weighted by molar-refractivity contribution is 5.39. The van der Waals surface area contributed by atoms with Crippen LogP contribution in [0.15, 0.2) is 29.5 Å². The van der Waals surface area contributed by atoms with E-state index < -0.39 is 0 Å². The fourth-order valence-corrected chi connectivity index (χ4v) is 3.29. The van der Waals surface area contributed by atoms with Crippen LogP contribution in [0.4, 0.5) is 0 Å². The first kappa shape index (κ1) is 10.8. The Morgan fingerprint density at radius 3 is 3.00 bits per heavy atom. The molecule has 0 nitrogen and oxygen atoms in total. The van der Waals surface area contributed by atoms with E-state index in [9.17, 15) is 0 Å². The summed E-state index contributed by atoms with van der Waals surface area (Å²) in [4.78, 5) is 0. The molecule has 0 spiro atoms. The molecule has 0 bridgehead atoms. The second-order valence-electron chi connectivity index (χ2n) is 5.32. The Morgan fingerprint density at radius 2 is 2.33 bits per heavy atom. The lowest BCUT2D eigenvalue weighted by Crippen LogP contribution is -2.08. The van der Waals surface area contributed by atoms with Crippen molar-refractivity contribution in [3.8, 4) is 0 Å². The lowest BCUT2D eigenvalue weighted by Gasteiger charge is -2.19. The molecule has 0 aromatic heterocycles. The molecule has 2 aliphatic rings. The molecular weight excluding hydrogens is 180 g/mol. The van der Waals surface area contributed by atoms with Gasteiger partial charge < -0.3 is 0 Å². The van der Waals surface area contributed by atoms with Crippen LogP contribution in [-0.2, 0) is 0 Å². The van der Waals surface area contributed by atoms with Crippen molar-refractivity contribution < 1.29 is 0 Å². The molecule has 15 heavy (non-hydrogen) atoms. The maximum absolute atomic E-state index is 3.85. The Hall–Kier alpha value is -0.740. The van der Waals surface area contributed by atoms with Crippen LogP contribution in [-0.4, -0.2) is 0 Å². The van der Waals surface area contributed by atoms with Gasteiger partial charge in [0.15, 0.2) is 0 Å². The molecule has 82 valence electrons. The molecular formula is C15H22. The highest BCUT2D eigenvalue weighted by Crippen LogP contribution is 2.68. The van der Waals surface area contributed by atoms with Crippen molar-refractivity contribution in [3.63, 3.8) is 0 Å². The number of rotatable bonds is 3. The second-order valence-corrected chi connectivity index (χ2v) is 5.32. The van der Waals surface area contributed by atoms with Crippen molar-refractivity contribution in [2.45, 2.75) is 52.4 Å². The number of hydrogen-bond acceptors (Lipinski definition) is 0. The Labute approximate surface area is 93.8 Å². The van der Waals surface area contributed by atoms with Gasteiger partial charge in [0.2, 0.25) is 0 Å². The van der Waals surface area contributed by atoms with Gasteiger partial charge in [-0.05, 0) is 56.6 Å². The van der Waals surface area contributed by atoms with E-state index in [0.29, 0.717) is 5.41 Å². The summed E-state index contributed by atoms with van der Waals surface area (Å²) in [5.74, 6) is 0.876. The highest BCUT2D eigenvalue weighted by Gasteiger charge is 2.59. The van der Waals surface area contributed by atoms with Gasteiger partial charge >= 0.3 is 0 Å². The topological polar surface area (TPSA) is 0 Å². The predicted molar refractivity (Wildman–Crippen MR) is 65.7 cm³/mol. The van der Waals surface area contributed by atoms with Crippen LogP contribution in [0.25, 0.3) is 0 Å². The molecule has 0 heterocycles. The lowest BCUT2D eigenvalue weighted by atomic mass is 9.85. The summed E-state index contributed by atoms with van der Waals surface area (Å²) in [5.41, 5.74) is 7.15. The number of fused-ring (bicyclic) bond motifs is 1. The molecule has 2 fully saturated rings. The number of allylic oxidation sites excluding steroid dienone is 2. The molecule has 0 aromatic rings. The highest BCUT2D eigenvalue weighted by atomic mass is 14.6. The maximum Gasteiger partial charge on any atom is 0.00655 e. The van der Waals surface area contributed by atoms with Gasteiger partial charge in [0.1, 0.15) is 0 Å². The van der Waals surface area contributed by atoms with E-state index in [0.717, 1.165) is 5.92 Å². The summed E-state index contributed by atoms with van der Waals surface area (Å²) in [7, 11) is 0. The SMILES string of the molecule is C=CCC[C@@]12CCCC[C@@H]1C2=C=C(C)C. The summed E-state index contributed by atoms with van der Waals surface area (Å²) in [6, 6.07) is 0. The van der Waals surface area contributed by atoms with E-state index in [1.54, 1.807) is 5.57 Å². The first-order valence-electron chi connectivity index (χ1n) is 6.26. The second kappa shape index (κ2) is 4.02. The van der Waals surface area contributed by atoms with Gasteiger partial charge in [0.05, 0.1) is 0 Å². The third kappa shape index (κ3) is 1.84. The van der Waals surface area contributed by atoms with Crippen LogP contribution in [0.1, 0.15) is 52.4 Å². The zero-order valence-corrected chi connectivity index (χ0v) is 10.1.